The summed E-state index contributed by atoms with van der Waals surface area (Å²) in [5.41, 5.74) is 1.95. The SMILES string of the molecule is CC[C@@H](C(=O)O)N(C)Cc1ccnn1-c1ccccc1. The molecule has 106 valence electrons. The van der Waals surface area contributed by atoms with E-state index >= 15 is 0 Å². The summed E-state index contributed by atoms with van der Waals surface area (Å²) >= 11 is 0. The van der Waals surface area contributed by atoms with Gasteiger partial charge in [0, 0.05) is 12.7 Å². The first-order chi connectivity index (χ1) is 9.63. The Labute approximate surface area is 118 Å². The van der Waals surface area contributed by atoms with Gasteiger partial charge in [-0.05, 0) is 31.7 Å². The Bertz CT molecular complexity index is 566. The van der Waals surface area contributed by atoms with Crippen LogP contribution in [0.3, 0.4) is 0 Å². The van der Waals surface area contributed by atoms with Crippen LogP contribution in [0.4, 0.5) is 0 Å². The summed E-state index contributed by atoms with van der Waals surface area (Å²) in [5.74, 6) is -0.791. The highest BCUT2D eigenvalue weighted by molar-refractivity contribution is 5.73. The number of aliphatic carboxylic acids is 1. The molecule has 1 aromatic carbocycles. The number of nitrogens with zero attached hydrogens (tertiary/aromatic N) is 3. The number of aromatic nitrogens is 2. The Morgan fingerprint density at radius 1 is 1.35 bits per heavy atom. The van der Waals surface area contributed by atoms with Gasteiger partial charge in [-0.1, -0.05) is 25.1 Å². The molecule has 1 heterocycles. The van der Waals surface area contributed by atoms with Crippen molar-refractivity contribution in [3.8, 4) is 5.69 Å². The van der Waals surface area contributed by atoms with E-state index in [1.54, 1.807) is 6.20 Å². The Hall–Kier alpha value is -2.14. The van der Waals surface area contributed by atoms with Crippen LogP contribution in [-0.4, -0.2) is 38.8 Å². The van der Waals surface area contributed by atoms with E-state index < -0.39 is 12.0 Å². The lowest BCUT2D eigenvalue weighted by atomic mass is 10.2. The summed E-state index contributed by atoms with van der Waals surface area (Å²) < 4.78 is 1.84. The Morgan fingerprint density at radius 2 is 2.05 bits per heavy atom. The lowest BCUT2D eigenvalue weighted by Gasteiger charge is -2.23. The van der Waals surface area contributed by atoms with Crippen LogP contribution in [0.1, 0.15) is 19.0 Å². The molecule has 1 N–H and O–H groups in total. The average Bonchev–Trinajstić information content (AvgIpc) is 2.88. The number of hydrogen-bond acceptors (Lipinski definition) is 3. The standard InChI is InChI=1S/C15H19N3O2/c1-3-14(15(19)20)17(2)11-13-9-10-16-18(13)12-7-5-4-6-8-12/h4-10,14H,3,11H2,1-2H3,(H,19,20)/t14-/m0/s1. The molecule has 0 aliphatic heterocycles. The fourth-order valence-corrected chi connectivity index (χ4v) is 2.29. The summed E-state index contributed by atoms with van der Waals surface area (Å²) in [5, 5.41) is 13.5. The molecule has 1 atom stereocenters. The summed E-state index contributed by atoms with van der Waals surface area (Å²) in [6.45, 7) is 2.42. The van der Waals surface area contributed by atoms with Gasteiger partial charge >= 0.3 is 5.97 Å². The Kier molecular flexibility index (Phi) is 4.53. The summed E-state index contributed by atoms with van der Waals surface area (Å²) in [7, 11) is 1.82. The van der Waals surface area contributed by atoms with E-state index in [2.05, 4.69) is 5.10 Å². The number of rotatable bonds is 6. The molecule has 2 rings (SSSR count). The van der Waals surface area contributed by atoms with Gasteiger partial charge in [0.1, 0.15) is 6.04 Å². The van der Waals surface area contributed by atoms with Crippen LogP contribution in [0.5, 0.6) is 0 Å². The zero-order valence-electron chi connectivity index (χ0n) is 11.7. The minimum atomic E-state index is -0.791. The summed E-state index contributed by atoms with van der Waals surface area (Å²) in [4.78, 5) is 13.0. The van der Waals surface area contributed by atoms with Gasteiger partial charge in [0.15, 0.2) is 0 Å². The van der Waals surface area contributed by atoms with E-state index in [0.29, 0.717) is 13.0 Å². The lowest BCUT2D eigenvalue weighted by molar-refractivity contribution is -0.143. The van der Waals surface area contributed by atoms with Gasteiger partial charge in [0.25, 0.3) is 0 Å². The second-order valence-corrected chi connectivity index (χ2v) is 4.75. The lowest BCUT2D eigenvalue weighted by Crippen LogP contribution is -2.37. The maximum atomic E-state index is 11.2. The molecule has 0 fully saturated rings. The van der Waals surface area contributed by atoms with Crippen molar-refractivity contribution in [2.75, 3.05) is 7.05 Å². The second-order valence-electron chi connectivity index (χ2n) is 4.75. The van der Waals surface area contributed by atoms with Crippen molar-refractivity contribution in [2.24, 2.45) is 0 Å². The largest absolute Gasteiger partial charge is 0.480 e. The van der Waals surface area contributed by atoms with Crippen LogP contribution in [0.2, 0.25) is 0 Å². The molecular formula is C15H19N3O2. The third kappa shape index (κ3) is 3.05. The van der Waals surface area contributed by atoms with Gasteiger partial charge in [0.05, 0.1) is 11.4 Å². The maximum Gasteiger partial charge on any atom is 0.320 e. The van der Waals surface area contributed by atoms with E-state index in [4.69, 9.17) is 0 Å². The second kappa shape index (κ2) is 6.34. The topological polar surface area (TPSA) is 58.4 Å². The average molecular weight is 273 g/mol. The number of hydrogen-bond donors (Lipinski definition) is 1. The van der Waals surface area contributed by atoms with Gasteiger partial charge in [-0.25, -0.2) is 4.68 Å². The van der Waals surface area contributed by atoms with Crippen molar-refractivity contribution in [1.82, 2.24) is 14.7 Å². The summed E-state index contributed by atoms with van der Waals surface area (Å²) in [6.07, 6.45) is 2.31. The van der Waals surface area contributed by atoms with Crippen molar-refractivity contribution in [3.63, 3.8) is 0 Å². The predicted octanol–water partition coefficient (Wildman–Crippen LogP) is 2.17. The van der Waals surface area contributed by atoms with Crippen LogP contribution in [0, 0.1) is 0 Å². The first-order valence-corrected chi connectivity index (χ1v) is 6.65. The molecule has 5 nitrogen and oxygen atoms in total. The molecule has 0 unspecified atom stereocenters. The van der Waals surface area contributed by atoms with Crippen molar-refractivity contribution >= 4 is 5.97 Å². The first kappa shape index (κ1) is 14.3. The summed E-state index contributed by atoms with van der Waals surface area (Å²) in [6, 6.07) is 11.3. The highest BCUT2D eigenvalue weighted by atomic mass is 16.4. The van der Waals surface area contributed by atoms with E-state index in [1.165, 1.54) is 0 Å². The van der Waals surface area contributed by atoms with Gasteiger partial charge in [-0.15, -0.1) is 0 Å². The quantitative estimate of drug-likeness (QED) is 0.876. The molecule has 0 amide bonds. The molecule has 1 aromatic heterocycles. The zero-order chi connectivity index (χ0) is 14.5. The van der Waals surface area contributed by atoms with E-state index in [-0.39, 0.29) is 0 Å². The van der Waals surface area contributed by atoms with Crippen LogP contribution >= 0.6 is 0 Å². The minimum Gasteiger partial charge on any atom is -0.480 e. The molecular weight excluding hydrogens is 254 g/mol. The molecule has 5 heteroatoms. The van der Waals surface area contributed by atoms with Gasteiger partial charge < -0.3 is 5.11 Å². The number of para-hydroxylation sites is 1. The number of carboxylic acid groups (broad SMARTS) is 1. The number of carboxylic acids is 1. The third-order valence-corrected chi connectivity index (χ3v) is 3.34. The minimum absolute atomic E-state index is 0.478. The Balaban J connectivity index is 2.19. The van der Waals surface area contributed by atoms with E-state index in [0.717, 1.165) is 11.4 Å². The van der Waals surface area contributed by atoms with E-state index in [1.807, 2.05) is 60.0 Å². The molecule has 0 radical (unpaired) electrons. The van der Waals surface area contributed by atoms with Crippen LogP contribution in [0.15, 0.2) is 42.6 Å². The molecule has 0 bridgehead atoms. The fraction of sp³-hybridized carbons (Fsp3) is 0.333. The van der Waals surface area contributed by atoms with Crippen LogP contribution in [-0.2, 0) is 11.3 Å². The number of benzene rings is 1. The Morgan fingerprint density at radius 3 is 2.65 bits per heavy atom. The molecule has 0 saturated carbocycles. The van der Waals surface area contributed by atoms with Crippen molar-refractivity contribution in [2.45, 2.75) is 25.9 Å². The highest BCUT2D eigenvalue weighted by Crippen LogP contribution is 2.13. The van der Waals surface area contributed by atoms with Crippen molar-refractivity contribution in [3.05, 3.63) is 48.3 Å². The smallest absolute Gasteiger partial charge is 0.320 e. The molecule has 0 aliphatic rings. The molecule has 2 aromatic rings. The molecule has 0 aliphatic carbocycles. The fourth-order valence-electron chi connectivity index (χ4n) is 2.29. The zero-order valence-corrected chi connectivity index (χ0v) is 11.7. The van der Waals surface area contributed by atoms with Gasteiger partial charge in [-0.3, -0.25) is 9.69 Å². The third-order valence-electron chi connectivity index (χ3n) is 3.34. The van der Waals surface area contributed by atoms with Crippen molar-refractivity contribution in [1.29, 1.82) is 0 Å². The molecule has 20 heavy (non-hydrogen) atoms. The number of likely N-dealkylation sites (N-methyl/N-ethyl adjacent to an activating group) is 1. The highest BCUT2D eigenvalue weighted by Gasteiger charge is 2.21. The van der Waals surface area contributed by atoms with E-state index in [9.17, 15) is 9.90 Å². The first-order valence-electron chi connectivity index (χ1n) is 6.65. The normalized spacial score (nSPS) is 12.6. The molecule has 0 saturated heterocycles. The predicted molar refractivity (Wildman–Crippen MR) is 76.7 cm³/mol. The monoisotopic (exact) mass is 273 g/mol. The van der Waals surface area contributed by atoms with Gasteiger partial charge in [-0.2, -0.15) is 5.10 Å². The maximum absolute atomic E-state index is 11.2. The van der Waals surface area contributed by atoms with Crippen LogP contribution < -0.4 is 0 Å². The molecule has 0 spiro atoms. The van der Waals surface area contributed by atoms with Crippen molar-refractivity contribution < 1.29 is 9.90 Å². The van der Waals surface area contributed by atoms with Crippen LogP contribution in [0.25, 0.3) is 5.69 Å². The van der Waals surface area contributed by atoms with Gasteiger partial charge in [0.2, 0.25) is 0 Å². The number of carbonyl (C=O) groups is 1.